The Bertz CT molecular complexity index is 727. The predicted octanol–water partition coefficient (Wildman–Crippen LogP) is 2.86. The number of rotatable bonds is 6. The summed E-state index contributed by atoms with van der Waals surface area (Å²) in [4.78, 5) is 38.0. The topological polar surface area (TPSA) is 101 Å². The number of aliphatic carboxylic acids is 1. The van der Waals surface area contributed by atoms with Crippen LogP contribution in [0.5, 0.6) is 0 Å². The van der Waals surface area contributed by atoms with Gasteiger partial charge in [-0.3, -0.25) is 14.5 Å². The summed E-state index contributed by atoms with van der Waals surface area (Å²) in [6.45, 7) is 2.04. The van der Waals surface area contributed by atoms with Gasteiger partial charge < -0.3 is 10.8 Å². The minimum Gasteiger partial charge on any atom is -0.480 e. The zero-order chi connectivity index (χ0) is 19.6. The van der Waals surface area contributed by atoms with Crippen molar-refractivity contribution in [3.63, 3.8) is 0 Å². The van der Waals surface area contributed by atoms with Gasteiger partial charge in [-0.15, -0.1) is 0 Å². The maximum absolute atomic E-state index is 12.7. The van der Waals surface area contributed by atoms with Crippen molar-refractivity contribution in [1.29, 1.82) is 0 Å². The van der Waals surface area contributed by atoms with Gasteiger partial charge in [0.2, 0.25) is 11.8 Å². The number of β-lactam (4-membered cyclic amide) rings is 1. The van der Waals surface area contributed by atoms with Crippen LogP contribution in [-0.2, 0) is 20.8 Å². The van der Waals surface area contributed by atoms with Crippen molar-refractivity contribution in [2.45, 2.75) is 57.9 Å². The Morgan fingerprint density at radius 2 is 1.96 bits per heavy atom. The Kier molecular flexibility index (Phi) is 5.82. The lowest BCUT2D eigenvalue weighted by atomic mass is 9.78. The van der Waals surface area contributed by atoms with Gasteiger partial charge in [-0.1, -0.05) is 51.2 Å². The molecule has 1 aromatic rings. The second-order valence-corrected chi connectivity index (χ2v) is 8.02. The van der Waals surface area contributed by atoms with Crippen molar-refractivity contribution in [2.24, 2.45) is 17.8 Å². The van der Waals surface area contributed by atoms with E-state index in [4.69, 9.17) is 5.73 Å². The summed E-state index contributed by atoms with van der Waals surface area (Å²) >= 11 is 0. The van der Waals surface area contributed by atoms with E-state index >= 15 is 0 Å². The van der Waals surface area contributed by atoms with E-state index in [9.17, 15) is 19.5 Å². The van der Waals surface area contributed by atoms with E-state index in [1.54, 1.807) is 18.2 Å². The van der Waals surface area contributed by atoms with Crippen LogP contribution in [0.4, 0.5) is 5.69 Å². The monoisotopic (exact) mass is 372 g/mol. The summed E-state index contributed by atoms with van der Waals surface area (Å²) in [5.74, 6) is -1.90. The molecule has 1 heterocycles. The first-order valence-electron chi connectivity index (χ1n) is 9.81. The highest BCUT2D eigenvalue weighted by Crippen LogP contribution is 2.35. The number of nitrogen functional groups attached to an aromatic ring is 1. The number of nitrogens with two attached hydrogens (primary N) is 1. The highest BCUT2D eigenvalue weighted by molar-refractivity contribution is 6.08. The van der Waals surface area contributed by atoms with Crippen molar-refractivity contribution in [3.8, 4) is 0 Å². The van der Waals surface area contributed by atoms with Crippen LogP contribution in [0, 0.1) is 17.8 Å². The molecule has 3 rings (SSSR count). The zero-order valence-corrected chi connectivity index (χ0v) is 15.8. The van der Waals surface area contributed by atoms with Gasteiger partial charge in [0.25, 0.3) is 0 Å². The van der Waals surface area contributed by atoms with Crippen molar-refractivity contribution in [2.75, 3.05) is 5.73 Å². The van der Waals surface area contributed by atoms with Crippen LogP contribution in [0.15, 0.2) is 24.3 Å². The molecule has 1 saturated carbocycles. The molecule has 146 valence electrons. The molecular formula is C21H28N2O4. The summed E-state index contributed by atoms with van der Waals surface area (Å²) in [5, 5.41) is 9.59. The number of amides is 2. The van der Waals surface area contributed by atoms with Gasteiger partial charge in [0.05, 0.1) is 5.92 Å². The predicted molar refractivity (Wildman–Crippen MR) is 102 cm³/mol. The van der Waals surface area contributed by atoms with E-state index < -0.39 is 17.9 Å². The molecule has 1 aliphatic carbocycles. The van der Waals surface area contributed by atoms with Crippen molar-refractivity contribution >= 4 is 23.5 Å². The molecular weight excluding hydrogens is 344 g/mol. The van der Waals surface area contributed by atoms with Crippen molar-refractivity contribution in [3.05, 3.63) is 29.8 Å². The Morgan fingerprint density at radius 3 is 2.59 bits per heavy atom. The van der Waals surface area contributed by atoms with Crippen LogP contribution in [0.3, 0.4) is 0 Å². The lowest BCUT2D eigenvalue weighted by Crippen LogP contribution is -2.67. The molecule has 0 aromatic heterocycles. The van der Waals surface area contributed by atoms with Gasteiger partial charge in [-0.2, -0.15) is 0 Å². The molecule has 0 unspecified atom stereocenters. The molecule has 2 aliphatic rings. The van der Waals surface area contributed by atoms with Gasteiger partial charge in [-0.25, -0.2) is 4.79 Å². The summed E-state index contributed by atoms with van der Waals surface area (Å²) in [7, 11) is 0. The van der Waals surface area contributed by atoms with Crippen LogP contribution >= 0.6 is 0 Å². The maximum Gasteiger partial charge on any atom is 0.327 e. The van der Waals surface area contributed by atoms with E-state index in [0.717, 1.165) is 23.3 Å². The Morgan fingerprint density at radius 1 is 1.26 bits per heavy atom. The van der Waals surface area contributed by atoms with Crippen LogP contribution in [0.2, 0.25) is 0 Å². The second-order valence-electron chi connectivity index (χ2n) is 8.02. The molecule has 6 nitrogen and oxygen atoms in total. The molecule has 0 spiro atoms. The van der Waals surface area contributed by atoms with E-state index in [2.05, 4.69) is 0 Å². The minimum atomic E-state index is -1.12. The molecule has 6 heteroatoms. The van der Waals surface area contributed by atoms with Crippen molar-refractivity contribution in [1.82, 2.24) is 4.90 Å². The molecule has 0 bridgehead atoms. The number of carbonyl (C=O) groups is 3. The van der Waals surface area contributed by atoms with E-state index in [-0.39, 0.29) is 30.6 Å². The average molecular weight is 372 g/mol. The molecule has 3 atom stereocenters. The molecule has 1 aromatic carbocycles. The standard InChI is InChI=1S/C21H28N2O4/c1-13(15-7-3-2-4-8-15)10-18(24)23-19(21(26)27)17(20(23)25)12-14-6-5-9-16(22)11-14/h5-6,9,11,13,15,17,19H,2-4,7-8,10,12,22H2,1H3,(H,26,27)/t13-,17+,19-/m0/s1. The van der Waals surface area contributed by atoms with Gasteiger partial charge in [0.15, 0.2) is 0 Å². The molecule has 3 N–H and O–H groups in total. The number of likely N-dealkylation sites (tertiary alicyclic amines) is 1. The maximum atomic E-state index is 12.7. The number of hydrogen-bond donors (Lipinski definition) is 2. The molecule has 2 fully saturated rings. The third-order valence-corrected chi connectivity index (χ3v) is 6.09. The van der Waals surface area contributed by atoms with E-state index in [0.29, 0.717) is 11.6 Å². The fraction of sp³-hybridized carbons (Fsp3) is 0.571. The first kappa shape index (κ1) is 19.4. The van der Waals surface area contributed by atoms with Crippen molar-refractivity contribution < 1.29 is 19.5 Å². The van der Waals surface area contributed by atoms with Gasteiger partial charge in [-0.05, 0) is 36.0 Å². The SMILES string of the molecule is C[C@@H](CC(=O)N1C(=O)[C@H](Cc2cccc(N)c2)[C@H]1C(=O)O)C1CCCCC1. The van der Waals surface area contributed by atoms with Crippen LogP contribution < -0.4 is 5.73 Å². The first-order chi connectivity index (χ1) is 12.9. The van der Waals surface area contributed by atoms with Crippen LogP contribution in [0.1, 0.15) is 51.0 Å². The lowest BCUT2D eigenvalue weighted by Gasteiger charge is -2.43. The van der Waals surface area contributed by atoms with Gasteiger partial charge in [0.1, 0.15) is 6.04 Å². The number of carboxylic acid groups (broad SMARTS) is 1. The average Bonchev–Trinajstić information content (AvgIpc) is 2.64. The smallest absolute Gasteiger partial charge is 0.327 e. The number of carboxylic acids is 1. The molecule has 1 saturated heterocycles. The number of imide groups is 1. The fourth-order valence-corrected chi connectivity index (χ4v) is 4.53. The Hall–Kier alpha value is -2.37. The Balaban J connectivity index is 1.65. The fourth-order valence-electron chi connectivity index (χ4n) is 4.53. The van der Waals surface area contributed by atoms with E-state index in [1.165, 1.54) is 19.3 Å². The number of benzene rings is 1. The van der Waals surface area contributed by atoms with E-state index in [1.807, 2.05) is 13.0 Å². The lowest BCUT2D eigenvalue weighted by molar-refractivity contribution is -0.177. The highest BCUT2D eigenvalue weighted by Gasteiger charge is 2.54. The third-order valence-electron chi connectivity index (χ3n) is 6.09. The normalized spacial score (nSPS) is 24.3. The molecule has 27 heavy (non-hydrogen) atoms. The van der Waals surface area contributed by atoms with Gasteiger partial charge >= 0.3 is 5.97 Å². The third kappa shape index (κ3) is 4.15. The summed E-state index contributed by atoms with van der Waals surface area (Å²) in [5.41, 5.74) is 7.14. The summed E-state index contributed by atoms with van der Waals surface area (Å²) < 4.78 is 0. The number of nitrogens with zero attached hydrogens (tertiary/aromatic N) is 1. The van der Waals surface area contributed by atoms with Crippen LogP contribution in [0.25, 0.3) is 0 Å². The van der Waals surface area contributed by atoms with Crippen LogP contribution in [-0.4, -0.2) is 33.8 Å². The number of carbonyl (C=O) groups excluding carboxylic acids is 2. The molecule has 1 aliphatic heterocycles. The minimum absolute atomic E-state index is 0.174. The summed E-state index contributed by atoms with van der Waals surface area (Å²) in [6.07, 6.45) is 6.37. The highest BCUT2D eigenvalue weighted by atomic mass is 16.4. The molecule has 2 amide bonds. The number of anilines is 1. The number of hydrogen-bond acceptors (Lipinski definition) is 4. The quantitative estimate of drug-likeness (QED) is 0.591. The largest absolute Gasteiger partial charge is 0.480 e. The summed E-state index contributed by atoms with van der Waals surface area (Å²) in [6, 6.07) is 5.99. The first-order valence-corrected chi connectivity index (χ1v) is 9.81. The zero-order valence-electron chi connectivity index (χ0n) is 15.8. The Labute approximate surface area is 159 Å². The van der Waals surface area contributed by atoms with Gasteiger partial charge in [0, 0.05) is 12.1 Å². The molecule has 0 radical (unpaired) electrons. The second kappa shape index (κ2) is 8.11.